The minimum atomic E-state index is -4.72. The number of benzene rings is 3. The summed E-state index contributed by atoms with van der Waals surface area (Å²) < 4.78 is 68.8. The van der Waals surface area contributed by atoms with E-state index in [1.54, 1.807) is 56.3 Å². The van der Waals surface area contributed by atoms with Crippen LogP contribution >= 0.6 is 11.6 Å². The maximum absolute atomic E-state index is 13.3. The second-order valence-electron chi connectivity index (χ2n) is 8.27. The molecule has 3 aromatic carbocycles. The van der Waals surface area contributed by atoms with E-state index in [1.165, 1.54) is 6.07 Å². The lowest BCUT2D eigenvalue weighted by atomic mass is 10.1. The molecule has 0 saturated heterocycles. The molecular weight excluding hydrogens is 501 g/mol. The zero-order valence-electron chi connectivity index (χ0n) is 19.2. The molecule has 1 unspecified atom stereocenters. The number of sulfonamides is 1. The molecule has 5 nitrogen and oxygen atoms in total. The van der Waals surface area contributed by atoms with Gasteiger partial charge < -0.3 is 5.32 Å². The second kappa shape index (κ2) is 10.4. The van der Waals surface area contributed by atoms with Crippen molar-refractivity contribution in [2.45, 2.75) is 44.3 Å². The van der Waals surface area contributed by atoms with E-state index < -0.39 is 38.7 Å². The molecular formula is C25H24ClF3N2O3S. The van der Waals surface area contributed by atoms with E-state index in [9.17, 15) is 26.4 Å². The molecule has 0 aromatic heterocycles. The number of hydrogen-bond donors (Lipinski definition) is 2. The highest BCUT2D eigenvalue weighted by molar-refractivity contribution is 7.89. The van der Waals surface area contributed by atoms with Crippen molar-refractivity contribution in [3.63, 3.8) is 0 Å². The van der Waals surface area contributed by atoms with Crippen LogP contribution in [0.3, 0.4) is 0 Å². The number of alkyl halides is 3. The Morgan fingerprint density at radius 3 is 2.14 bits per heavy atom. The van der Waals surface area contributed by atoms with Gasteiger partial charge in [0.25, 0.3) is 0 Å². The van der Waals surface area contributed by atoms with E-state index in [0.29, 0.717) is 22.8 Å². The summed E-state index contributed by atoms with van der Waals surface area (Å²) >= 11 is 5.66. The Hall–Kier alpha value is -2.88. The Bertz CT molecular complexity index is 1320. The number of hydrogen-bond acceptors (Lipinski definition) is 3. The molecule has 0 aliphatic carbocycles. The van der Waals surface area contributed by atoms with E-state index in [1.807, 2.05) is 6.92 Å². The van der Waals surface area contributed by atoms with Gasteiger partial charge in [0.1, 0.15) is 6.04 Å². The molecule has 3 aromatic rings. The fourth-order valence-corrected chi connectivity index (χ4v) is 5.80. The number of nitrogens with one attached hydrogen (secondary N) is 2. The zero-order valence-corrected chi connectivity index (χ0v) is 20.8. The highest BCUT2D eigenvalue weighted by Crippen LogP contribution is 2.36. The minimum absolute atomic E-state index is 0.0183. The number of rotatable bonds is 7. The van der Waals surface area contributed by atoms with Crippen molar-refractivity contribution in [3.8, 4) is 0 Å². The first kappa shape index (κ1) is 26.7. The van der Waals surface area contributed by atoms with Crippen molar-refractivity contribution >= 4 is 33.2 Å². The summed E-state index contributed by atoms with van der Waals surface area (Å²) in [6.07, 6.45) is -4.74. The van der Waals surface area contributed by atoms with Crippen LogP contribution in [0.25, 0.3) is 0 Å². The number of aryl methyl sites for hydroxylation is 3. The maximum atomic E-state index is 13.3. The van der Waals surface area contributed by atoms with Gasteiger partial charge in [0.05, 0.1) is 15.5 Å². The van der Waals surface area contributed by atoms with Crippen LogP contribution in [-0.4, -0.2) is 20.4 Å². The molecule has 0 heterocycles. The van der Waals surface area contributed by atoms with Crippen molar-refractivity contribution in [2.75, 3.05) is 5.32 Å². The molecule has 0 saturated carbocycles. The number of carbonyl (C=O) groups is 1. The lowest BCUT2D eigenvalue weighted by Gasteiger charge is -2.21. The van der Waals surface area contributed by atoms with E-state index >= 15 is 0 Å². The van der Waals surface area contributed by atoms with E-state index in [0.717, 1.165) is 11.6 Å². The van der Waals surface area contributed by atoms with Crippen LogP contribution in [0.4, 0.5) is 18.9 Å². The smallest absolute Gasteiger partial charge is 0.325 e. The fourth-order valence-electron chi connectivity index (χ4n) is 3.92. The Morgan fingerprint density at radius 2 is 1.57 bits per heavy atom. The summed E-state index contributed by atoms with van der Waals surface area (Å²) in [6, 6.07) is 13.8. The zero-order chi connectivity index (χ0) is 26.0. The van der Waals surface area contributed by atoms with E-state index in [-0.39, 0.29) is 17.0 Å². The van der Waals surface area contributed by atoms with Gasteiger partial charge in [0.2, 0.25) is 15.9 Å². The third kappa shape index (κ3) is 6.62. The number of amides is 1. The minimum Gasteiger partial charge on any atom is -0.325 e. The van der Waals surface area contributed by atoms with Crippen LogP contribution in [0.15, 0.2) is 65.6 Å². The van der Waals surface area contributed by atoms with Gasteiger partial charge in [-0.05, 0) is 62.1 Å². The Morgan fingerprint density at radius 1 is 0.971 bits per heavy atom. The Labute approximate surface area is 207 Å². The highest BCUT2D eigenvalue weighted by Gasteiger charge is 2.34. The Kier molecular flexibility index (Phi) is 7.93. The lowest BCUT2D eigenvalue weighted by molar-refractivity contribution is -0.137. The van der Waals surface area contributed by atoms with Gasteiger partial charge in [-0.1, -0.05) is 59.6 Å². The first-order chi connectivity index (χ1) is 16.3. The van der Waals surface area contributed by atoms with Crippen LogP contribution in [0.2, 0.25) is 5.02 Å². The number of carbonyl (C=O) groups excluding carboxylic acids is 1. The molecule has 186 valence electrons. The molecule has 0 radical (unpaired) electrons. The quantitative estimate of drug-likeness (QED) is 0.409. The molecule has 1 atom stereocenters. The first-order valence-corrected chi connectivity index (χ1v) is 12.5. The van der Waals surface area contributed by atoms with Crippen LogP contribution < -0.4 is 10.0 Å². The molecule has 0 aliphatic heterocycles. The molecule has 3 rings (SSSR count). The highest BCUT2D eigenvalue weighted by atomic mass is 35.5. The predicted octanol–water partition coefficient (Wildman–Crippen LogP) is 5.81. The summed E-state index contributed by atoms with van der Waals surface area (Å²) in [5.41, 5.74) is 1.32. The normalized spacial score (nSPS) is 12.9. The van der Waals surface area contributed by atoms with Crippen LogP contribution in [0.5, 0.6) is 0 Å². The molecule has 0 fully saturated rings. The van der Waals surface area contributed by atoms with Gasteiger partial charge in [-0.2, -0.15) is 17.9 Å². The fraction of sp³-hybridized carbons (Fsp3) is 0.240. The molecule has 0 bridgehead atoms. The van der Waals surface area contributed by atoms with Crippen molar-refractivity contribution in [3.05, 3.63) is 93.5 Å². The monoisotopic (exact) mass is 524 g/mol. The van der Waals surface area contributed by atoms with Crippen LogP contribution in [0.1, 0.15) is 27.8 Å². The topological polar surface area (TPSA) is 75.3 Å². The molecule has 0 spiro atoms. The lowest BCUT2D eigenvalue weighted by Crippen LogP contribution is -2.45. The van der Waals surface area contributed by atoms with E-state index in [2.05, 4.69) is 10.0 Å². The second-order valence-corrected chi connectivity index (χ2v) is 10.3. The molecule has 10 heteroatoms. The predicted molar refractivity (Wildman–Crippen MR) is 130 cm³/mol. The number of halogens is 4. The molecule has 1 amide bonds. The van der Waals surface area contributed by atoms with Crippen molar-refractivity contribution < 1.29 is 26.4 Å². The van der Waals surface area contributed by atoms with Gasteiger partial charge in [-0.15, -0.1) is 0 Å². The van der Waals surface area contributed by atoms with Gasteiger partial charge in [-0.25, -0.2) is 8.42 Å². The van der Waals surface area contributed by atoms with Gasteiger partial charge in [0.15, 0.2) is 0 Å². The van der Waals surface area contributed by atoms with Crippen molar-refractivity contribution in [1.29, 1.82) is 0 Å². The summed E-state index contributed by atoms with van der Waals surface area (Å²) in [7, 11) is -4.15. The van der Waals surface area contributed by atoms with Crippen LogP contribution in [0, 0.1) is 20.8 Å². The van der Waals surface area contributed by atoms with Crippen LogP contribution in [-0.2, 0) is 27.4 Å². The molecule has 0 aliphatic rings. The van der Waals surface area contributed by atoms with Crippen molar-refractivity contribution in [2.24, 2.45) is 0 Å². The third-order valence-electron chi connectivity index (χ3n) is 5.31. The molecule has 35 heavy (non-hydrogen) atoms. The van der Waals surface area contributed by atoms with Gasteiger partial charge >= 0.3 is 6.18 Å². The number of anilines is 1. The molecule has 2 N–H and O–H groups in total. The van der Waals surface area contributed by atoms with Crippen molar-refractivity contribution in [1.82, 2.24) is 4.72 Å². The summed E-state index contributed by atoms with van der Waals surface area (Å²) in [5, 5.41) is 1.88. The largest absolute Gasteiger partial charge is 0.417 e. The standard InChI is InChI=1S/C25H24ClF3N2O3S/c1-15-11-16(2)23(17(3)12-15)35(33,34)31-22(13-18-7-5-4-6-8-18)24(32)30-19-9-10-21(26)20(14-19)25(27,28)29/h4-12,14,22,31H,13H2,1-3H3,(H,30,32). The first-order valence-electron chi connectivity index (χ1n) is 10.6. The average molecular weight is 525 g/mol. The Balaban J connectivity index is 1.96. The van der Waals surface area contributed by atoms with E-state index in [4.69, 9.17) is 11.6 Å². The average Bonchev–Trinajstić information content (AvgIpc) is 2.73. The third-order valence-corrected chi connectivity index (χ3v) is 7.42. The maximum Gasteiger partial charge on any atom is 0.417 e. The SMILES string of the molecule is Cc1cc(C)c(S(=O)(=O)NC(Cc2ccccc2)C(=O)Nc2ccc(Cl)c(C(F)(F)F)c2)c(C)c1. The summed E-state index contributed by atoms with van der Waals surface area (Å²) in [6.45, 7) is 5.16. The van der Waals surface area contributed by atoms with Gasteiger partial charge in [0, 0.05) is 5.69 Å². The van der Waals surface area contributed by atoms with Gasteiger partial charge in [-0.3, -0.25) is 4.79 Å². The summed E-state index contributed by atoms with van der Waals surface area (Å²) in [4.78, 5) is 13.2. The summed E-state index contributed by atoms with van der Waals surface area (Å²) in [5.74, 6) is -0.810.